The number of methoxy groups -OCH3 is 1. The molecule has 1 N–H and O–H groups in total. The van der Waals surface area contributed by atoms with Crippen molar-refractivity contribution < 1.29 is 13.5 Å². The molecule has 2 bridgehead atoms. The van der Waals surface area contributed by atoms with Gasteiger partial charge >= 0.3 is 0 Å². The fraction of sp³-hybridized carbons (Fsp3) is 0.478. The van der Waals surface area contributed by atoms with Crippen LogP contribution in [0.5, 0.6) is 5.88 Å². The zero-order valence-electron chi connectivity index (χ0n) is 18.9. The van der Waals surface area contributed by atoms with Crippen molar-refractivity contribution in [2.75, 3.05) is 41.9 Å². The number of halogens is 2. The number of aromatic nitrogens is 5. The quantitative estimate of drug-likeness (QED) is 0.611. The number of hydrogen-bond acceptors (Lipinski definition) is 8. The normalized spacial score (nSPS) is 23.7. The Kier molecular flexibility index (Phi) is 5.19. The molecule has 34 heavy (non-hydrogen) atoms. The summed E-state index contributed by atoms with van der Waals surface area (Å²) in [5.74, 6) is 0.960. The Morgan fingerprint density at radius 2 is 1.85 bits per heavy atom. The highest BCUT2D eigenvalue weighted by Crippen LogP contribution is 2.40. The number of piperidine rings is 1. The van der Waals surface area contributed by atoms with Crippen LogP contribution in [-0.2, 0) is 6.54 Å². The molecule has 1 unspecified atom stereocenters. The lowest BCUT2D eigenvalue weighted by atomic mass is 9.92. The highest BCUT2D eigenvalue weighted by Gasteiger charge is 2.43. The van der Waals surface area contributed by atoms with Gasteiger partial charge in [-0.3, -0.25) is 0 Å². The van der Waals surface area contributed by atoms with Gasteiger partial charge in [-0.25, -0.2) is 13.5 Å². The number of anilines is 4. The van der Waals surface area contributed by atoms with Gasteiger partial charge < -0.3 is 19.9 Å². The molecule has 178 valence electrons. The highest BCUT2D eigenvalue weighted by atomic mass is 19.2. The number of ether oxygens (including phenoxy) is 1. The first-order chi connectivity index (χ1) is 16.6. The van der Waals surface area contributed by atoms with Crippen LogP contribution >= 0.6 is 0 Å². The highest BCUT2D eigenvalue weighted by molar-refractivity contribution is 5.59. The molecule has 3 aromatic rings. The van der Waals surface area contributed by atoms with Crippen LogP contribution < -0.4 is 19.9 Å². The molecule has 1 saturated carbocycles. The van der Waals surface area contributed by atoms with Crippen LogP contribution in [0.2, 0.25) is 0 Å². The number of aryl methyl sites for hydroxylation is 1. The lowest BCUT2D eigenvalue weighted by Gasteiger charge is -2.39. The van der Waals surface area contributed by atoms with E-state index in [1.54, 1.807) is 19.4 Å². The molecular weight excluding hydrogens is 442 g/mol. The SMILES string of the molecule is COc1cc(N2C[C@H]3CC[C@@H](C2)C3Nc2nc3n(n2)CCCN3c2ccc(F)c(F)c2)cnn1. The van der Waals surface area contributed by atoms with E-state index in [4.69, 9.17) is 14.8 Å². The molecule has 0 amide bonds. The van der Waals surface area contributed by atoms with Crippen LogP contribution in [0.4, 0.5) is 32.1 Å². The molecule has 4 heterocycles. The van der Waals surface area contributed by atoms with E-state index in [-0.39, 0.29) is 6.04 Å². The van der Waals surface area contributed by atoms with Crippen molar-refractivity contribution in [3.8, 4) is 5.88 Å². The van der Waals surface area contributed by atoms with Crippen LogP contribution in [0.3, 0.4) is 0 Å². The predicted octanol–water partition coefficient (Wildman–Crippen LogP) is 3.22. The zero-order valence-corrected chi connectivity index (χ0v) is 18.9. The van der Waals surface area contributed by atoms with Gasteiger partial charge in [0, 0.05) is 50.0 Å². The Morgan fingerprint density at radius 1 is 1.03 bits per heavy atom. The number of fused-ring (bicyclic) bond motifs is 3. The molecular formula is C23H26F2N8O. The van der Waals surface area contributed by atoms with Gasteiger partial charge in [-0.15, -0.1) is 10.2 Å². The topological polar surface area (TPSA) is 84.2 Å². The lowest BCUT2D eigenvalue weighted by molar-refractivity contribution is 0.372. The number of rotatable bonds is 5. The first-order valence-electron chi connectivity index (χ1n) is 11.6. The van der Waals surface area contributed by atoms with E-state index in [2.05, 4.69) is 20.4 Å². The molecule has 0 radical (unpaired) electrons. The average molecular weight is 469 g/mol. The number of benzene rings is 1. The molecule has 9 nitrogen and oxygen atoms in total. The summed E-state index contributed by atoms with van der Waals surface area (Å²) in [6.07, 6.45) is 4.92. The van der Waals surface area contributed by atoms with Crippen molar-refractivity contribution in [3.05, 3.63) is 42.1 Å². The maximum Gasteiger partial charge on any atom is 0.244 e. The summed E-state index contributed by atoms with van der Waals surface area (Å²) in [4.78, 5) is 9.00. The molecule has 6 rings (SSSR count). The van der Waals surface area contributed by atoms with Crippen LogP contribution in [0.15, 0.2) is 30.5 Å². The van der Waals surface area contributed by atoms with Crippen molar-refractivity contribution in [3.63, 3.8) is 0 Å². The van der Waals surface area contributed by atoms with Crippen LogP contribution in [0, 0.1) is 23.5 Å². The second-order valence-electron chi connectivity index (χ2n) is 9.19. The Balaban J connectivity index is 1.20. The van der Waals surface area contributed by atoms with Gasteiger partial charge in [0.05, 0.1) is 19.0 Å². The van der Waals surface area contributed by atoms with Crippen LogP contribution in [-0.4, -0.2) is 57.7 Å². The van der Waals surface area contributed by atoms with E-state index >= 15 is 0 Å². The second-order valence-corrected chi connectivity index (χ2v) is 9.19. The summed E-state index contributed by atoms with van der Waals surface area (Å²) in [7, 11) is 1.60. The average Bonchev–Trinajstić information content (AvgIpc) is 3.36. The van der Waals surface area contributed by atoms with Gasteiger partial charge in [0.15, 0.2) is 11.6 Å². The number of hydrogen-bond donors (Lipinski definition) is 1. The minimum absolute atomic E-state index is 0.286. The molecule has 3 atom stereocenters. The largest absolute Gasteiger partial charge is 0.480 e. The van der Waals surface area contributed by atoms with E-state index in [0.29, 0.717) is 41.8 Å². The van der Waals surface area contributed by atoms with Crippen molar-refractivity contribution in [1.29, 1.82) is 0 Å². The predicted molar refractivity (Wildman–Crippen MR) is 122 cm³/mol. The minimum Gasteiger partial charge on any atom is -0.480 e. The summed E-state index contributed by atoms with van der Waals surface area (Å²) in [6.45, 7) is 3.25. The van der Waals surface area contributed by atoms with Crippen LogP contribution in [0.25, 0.3) is 0 Å². The third kappa shape index (κ3) is 3.68. The maximum absolute atomic E-state index is 13.8. The molecule has 2 fully saturated rings. The molecule has 1 saturated heterocycles. The van der Waals surface area contributed by atoms with Gasteiger partial charge in [0.2, 0.25) is 17.8 Å². The van der Waals surface area contributed by atoms with Crippen molar-refractivity contribution in [2.45, 2.75) is 31.8 Å². The number of nitrogens with zero attached hydrogens (tertiary/aromatic N) is 7. The minimum atomic E-state index is -0.863. The molecule has 2 aromatic heterocycles. The molecule has 2 aliphatic heterocycles. The van der Waals surface area contributed by atoms with Gasteiger partial charge in [0.25, 0.3) is 0 Å². The Labute approximate surface area is 195 Å². The van der Waals surface area contributed by atoms with Crippen molar-refractivity contribution >= 4 is 23.3 Å². The van der Waals surface area contributed by atoms with Gasteiger partial charge in [-0.2, -0.15) is 10.1 Å². The molecule has 3 aliphatic rings. The monoisotopic (exact) mass is 468 g/mol. The van der Waals surface area contributed by atoms with Gasteiger partial charge in [0.1, 0.15) is 0 Å². The first kappa shape index (κ1) is 21.1. The summed E-state index contributed by atoms with van der Waals surface area (Å²) in [5.41, 5.74) is 1.61. The second kappa shape index (κ2) is 8.37. The fourth-order valence-corrected chi connectivity index (χ4v) is 5.55. The Hall–Kier alpha value is -3.50. The number of nitrogens with one attached hydrogen (secondary N) is 1. The summed E-state index contributed by atoms with van der Waals surface area (Å²) >= 11 is 0. The fourth-order valence-electron chi connectivity index (χ4n) is 5.55. The molecule has 1 aliphatic carbocycles. The first-order valence-corrected chi connectivity index (χ1v) is 11.6. The molecule has 0 spiro atoms. The van der Waals surface area contributed by atoms with E-state index < -0.39 is 11.6 Å². The third-order valence-electron chi connectivity index (χ3n) is 7.18. The Morgan fingerprint density at radius 3 is 2.62 bits per heavy atom. The van der Waals surface area contributed by atoms with Gasteiger partial charge in [-0.1, -0.05) is 0 Å². The summed E-state index contributed by atoms with van der Waals surface area (Å²) in [6, 6.07) is 6.16. The van der Waals surface area contributed by atoms with E-state index in [0.717, 1.165) is 50.7 Å². The maximum atomic E-state index is 13.8. The summed E-state index contributed by atoms with van der Waals surface area (Å²) < 4.78 is 34.3. The smallest absolute Gasteiger partial charge is 0.244 e. The molecule has 11 heteroatoms. The van der Waals surface area contributed by atoms with Gasteiger partial charge in [-0.05, 0) is 43.2 Å². The molecule has 1 aromatic carbocycles. The van der Waals surface area contributed by atoms with E-state index in [9.17, 15) is 8.78 Å². The van der Waals surface area contributed by atoms with Crippen molar-refractivity contribution in [1.82, 2.24) is 25.0 Å². The lowest BCUT2D eigenvalue weighted by Crippen LogP contribution is -2.48. The van der Waals surface area contributed by atoms with E-state index in [1.165, 1.54) is 6.07 Å². The third-order valence-corrected chi connectivity index (χ3v) is 7.18. The standard InChI is InChI=1S/C23H26F2N8O/c1-34-20-10-17(11-26-29-20)31-12-14-3-4-15(13-31)21(14)27-22-28-23-32(7-2-8-33(23)30-22)16-5-6-18(24)19(25)9-16/h5-6,9-11,14-15,21H,2-4,7-8,12-13H2,1H3,(H,27,30)/t14-,15+,21?. The van der Waals surface area contributed by atoms with E-state index in [1.807, 2.05) is 15.6 Å². The zero-order chi connectivity index (χ0) is 23.2. The van der Waals surface area contributed by atoms with Crippen molar-refractivity contribution in [2.24, 2.45) is 11.8 Å². The summed E-state index contributed by atoms with van der Waals surface area (Å²) in [5, 5.41) is 16.3. The Bertz CT molecular complexity index is 1190. The van der Waals surface area contributed by atoms with Crippen LogP contribution in [0.1, 0.15) is 19.3 Å².